The van der Waals surface area contributed by atoms with Gasteiger partial charge < -0.3 is 8.83 Å². The number of nitrogens with zero attached hydrogens (tertiary/aromatic N) is 2. The van der Waals surface area contributed by atoms with Gasteiger partial charge in [0.25, 0.3) is 0 Å². The SMILES string of the molecule is CC(C)(C)c1ccc(-c2ccc(-c3ccc(C(C)(C)C)o3)c3nc(-c4ccccc4)c(-c4ccccc4)nc23)o1. The molecule has 0 unspecified atom stereocenters. The van der Waals surface area contributed by atoms with Crippen LogP contribution in [0.2, 0.25) is 0 Å². The Bertz CT molecular complexity index is 1660. The monoisotopic (exact) mass is 526 g/mol. The first-order valence-electron chi connectivity index (χ1n) is 13.8. The number of furan rings is 2. The summed E-state index contributed by atoms with van der Waals surface area (Å²) in [6, 6.07) is 32.8. The maximum atomic E-state index is 6.41. The van der Waals surface area contributed by atoms with Gasteiger partial charge in [0, 0.05) is 33.1 Å². The summed E-state index contributed by atoms with van der Waals surface area (Å²) in [7, 11) is 0. The quantitative estimate of drug-likeness (QED) is 0.229. The van der Waals surface area contributed by atoms with E-state index in [0.29, 0.717) is 0 Å². The van der Waals surface area contributed by atoms with Crippen LogP contribution in [-0.2, 0) is 10.8 Å². The van der Waals surface area contributed by atoms with Gasteiger partial charge in [-0.25, -0.2) is 9.97 Å². The summed E-state index contributed by atoms with van der Waals surface area (Å²) in [6.07, 6.45) is 0. The smallest absolute Gasteiger partial charge is 0.136 e. The third kappa shape index (κ3) is 4.75. The van der Waals surface area contributed by atoms with Gasteiger partial charge in [0.1, 0.15) is 34.1 Å². The summed E-state index contributed by atoms with van der Waals surface area (Å²) in [5, 5.41) is 0. The van der Waals surface area contributed by atoms with Crippen LogP contribution in [0.3, 0.4) is 0 Å². The predicted molar refractivity (Wildman–Crippen MR) is 163 cm³/mol. The molecule has 6 rings (SSSR count). The third-order valence-electron chi connectivity index (χ3n) is 7.14. The average Bonchev–Trinajstić information content (AvgIpc) is 3.64. The molecule has 4 nitrogen and oxygen atoms in total. The van der Waals surface area contributed by atoms with Crippen LogP contribution in [0.4, 0.5) is 0 Å². The minimum Gasteiger partial charge on any atom is -0.460 e. The van der Waals surface area contributed by atoms with E-state index in [2.05, 4.69) is 90.1 Å². The van der Waals surface area contributed by atoms with Crippen LogP contribution < -0.4 is 0 Å². The summed E-state index contributed by atoms with van der Waals surface area (Å²) >= 11 is 0. The van der Waals surface area contributed by atoms with E-state index in [1.165, 1.54) is 0 Å². The number of hydrogen-bond donors (Lipinski definition) is 0. The molecule has 6 aromatic rings. The van der Waals surface area contributed by atoms with E-state index in [9.17, 15) is 0 Å². The van der Waals surface area contributed by atoms with Crippen molar-refractivity contribution in [3.05, 3.63) is 109 Å². The zero-order valence-corrected chi connectivity index (χ0v) is 23.9. The van der Waals surface area contributed by atoms with Gasteiger partial charge in [0.15, 0.2) is 0 Å². The highest BCUT2D eigenvalue weighted by atomic mass is 16.3. The molecule has 3 heterocycles. The van der Waals surface area contributed by atoms with Gasteiger partial charge in [-0.05, 0) is 36.4 Å². The van der Waals surface area contributed by atoms with E-state index in [1.807, 2.05) is 48.5 Å². The molecule has 0 N–H and O–H groups in total. The van der Waals surface area contributed by atoms with E-state index in [-0.39, 0.29) is 10.8 Å². The molecule has 0 amide bonds. The molecule has 40 heavy (non-hydrogen) atoms. The van der Waals surface area contributed by atoms with E-state index < -0.39 is 0 Å². The summed E-state index contributed by atoms with van der Waals surface area (Å²) in [6.45, 7) is 12.9. The van der Waals surface area contributed by atoms with Crippen LogP contribution in [-0.4, -0.2) is 9.97 Å². The van der Waals surface area contributed by atoms with Crippen molar-refractivity contribution in [3.63, 3.8) is 0 Å². The summed E-state index contributed by atoms with van der Waals surface area (Å²) in [5.41, 5.74) is 6.83. The first-order chi connectivity index (χ1) is 19.1. The van der Waals surface area contributed by atoms with Crippen LogP contribution in [0.25, 0.3) is 56.2 Å². The Morgan fingerprint density at radius 2 is 0.825 bits per heavy atom. The highest BCUT2D eigenvalue weighted by Gasteiger charge is 2.24. The van der Waals surface area contributed by atoms with Gasteiger partial charge >= 0.3 is 0 Å². The molecule has 0 spiro atoms. The first kappa shape index (κ1) is 25.8. The molecule has 4 heteroatoms. The number of aromatic nitrogens is 2. The zero-order valence-electron chi connectivity index (χ0n) is 23.9. The van der Waals surface area contributed by atoms with Gasteiger partial charge in [0.05, 0.1) is 11.4 Å². The van der Waals surface area contributed by atoms with Gasteiger partial charge in [0.2, 0.25) is 0 Å². The lowest BCUT2D eigenvalue weighted by molar-refractivity contribution is 0.416. The molecule has 0 atom stereocenters. The van der Waals surface area contributed by atoms with E-state index in [0.717, 1.165) is 67.7 Å². The van der Waals surface area contributed by atoms with Crippen molar-refractivity contribution in [3.8, 4) is 45.2 Å². The highest BCUT2D eigenvalue weighted by molar-refractivity contribution is 6.01. The minimum atomic E-state index is -0.104. The summed E-state index contributed by atoms with van der Waals surface area (Å²) in [4.78, 5) is 10.7. The summed E-state index contributed by atoms with van der Waals surface area (Å²) in [5.74, 6) is 3.41. The van der Waals surface area contributed by atoms with Crippen molar-refractivity contribution >= 4 is 11.0 Å². The first-order valence-corrected chi connectivity index (χ1v) is 13.8. The molecule has 0 saturated heterocycles. The molecule has 3 aromatic heterocycles. The van der Waals surface area contributed by atoms with E-state index in [1.54, 1.807) is 0 Å². The second-order valence-corrected chi connectivity index (χ2v) is 12.3. The molecule has 0 aliphatic rings. The van der Waals surface area contributed by atoms with Gasteiger partial charge in [-0.15, -0.1) is 0 Å². The Morgan fingerprint density at radius 1 is 0.450 bits per heavy atom. The van der Waals surface area contributed by atoms with Crippen molar-refractivity contribution < 1.29 is 8.83 Å². The Balaban J connectivity index is 1.68. The molecule has 3 aromatic carbocycles. The molecule has 0 radical (unpaired) electrons. The molecule has 0 saturated carbocycles. The van der Waals surface area contributed by atoms with Gasteiger partial charge in [-0.2, -0.15) is 0 Å². The fourth-order valence-corrected chi connectivity index (χ4v) is 4.90. The molecule has 200 valence electrons. The lowest BCUT2D eigenvalue weighted by Gasteiger charge is -2.16. The van der Waals surface area contributed by atoms with Crippen LogP contribution in [0.15, 0.2) is 106 Å². The van der Waals surface area contributed by atoms with Crippen molar-refractivity contribution in [1.82, 2.24) is 9.97 Å². The van der Waals surface area contributed by atoms with Crippen LogP contribution >= 0.6 is 0 Å². The maximum Gasteiger partial charge on any atom is 0.136 e. The van der Waals surface area contributed by atoms with Gasteiger partial charge in [-0.3, -0.25) is 0 Å². The number of rotatable bonds is 4. The van der Waals surface area contributed by atoms with Crippen molar-refractivity contribution in [2.75, 3.05) is 0 Å². The fraction of sp³-hybridized carbons (Fsp3) is 0.222. The number of benzene rings is 3. The van der Waals surface area contributed by atoms with Gasteiger partial charge in [-0.1, -0.05) is 102 Å². The van der Waals surface area contributed by atoms with Crippen molar-refractivity contribution in [1.29, 1.82) is 0 Å². The molecular weight excluding hydrogens is 492 g/mol. The molecule has 0 fully saturated rings. The maximum absolute atomic E-state index is 6.41. The topological polar surface area (TPSA) is 52.1 Å². The average molecular weight is 527 g/mol. The van der Waals surface area contributed by atoms with Crippen molar-refractivity contribution in [2.24, 2.45) is 0 Å². The molecule has 0 aliphatic heterocycles. The molecular formula is C36H34N2O2. The zero-order chi connectivity index (χ0) is 28.1. The minimum absolute atomic E-state index is 0.104. The Labute approximate surface area is 235 Å². The number of hydrogen-bond acceptors (Lipinski definition) is 4. The Morgan fingerprint density at radius 3 is 1.15 bits per heavy atom. The second kappa shape index (κ2) is 9.63. The lowest BCUT2D eigenvalue weighted by Crippen LogP contribution is -2.09. The normalized spacial score (nSPS) is 12.2. The molecule has 0 bridgehead atoms. The second-order valence-electron chi connectivity index (χ2n) is 12.3. The van der Waals surface area contributed by atoms with Crippen LogP contribution in [0.5, 0.6) is 0 Å². The lowest BCUT2D eigenvalue weighted by atomic mass is 9.94. The fourth-order valence-electron chi connectivity index (χ4n) is 4.90. The van der Waals surface area contributed by atoms with Crippen LogP contribution in [0.1, 0.15) is 53.1 Å². The van der Waals surface area contributed by atoms with E-state index >= 15 is 0 Å². The largest absolute Gasteiger partial charge is 0.460 e. The predicted octanol–water partition coefficient (Wildman–Crippen LogP) is 10.1. The number of fused-ring (bicyclic) bond motifs is 1. The summed E-state index contributed by atoms with van der Waals surface area (Å²) < 4.78 is 12.8. The standard InChI is InChI=1S/C36H34N2O2/c1-35(2,3)29-21-19-27(39-29)25-17-18-26(28-20-22-30(40-28)36(4,5)6)34-33(25)37-31(23-13-9-7-10-14-23)32(38-34)24-15-11-8-12-16-24/h7-22H,1-6H3. The third-order valence-corrected chi connectivity index (χ3v) is 7.14. The van der Waals surface area contributed by atoms with E-state index in [4.69, 9.17) is 18.8 Å². The van der Waals surface area contributed by atoms with Crippen LogP contribution in [0, 0.1) is 0 Å². The molecule has 0 aliphatic carbocycles. The Hall–Kier alpha value is -4.44. The Kier molecular flexibility index (Phi) is 6.22. The van der Waals surface area contributed by atoms with Crippen molar-refractivity contribution in [2.45, 2.75) is 52.4 Å². The highest BCUT2D eigenvalue weighted by Crippen LogP contribution is 2.41.